The van der Waals surface area contributed by atoms with Crippen molar-refractivity contribution in [2.75, 3.05) is 23.7 Å². The highest BCUT2D eigenvalue weighted by Crippen LogP contribution is 2.18. The first kappa shape index (κ1) is 15.2. The number of nitro groups is 2. The molecule has 0 spiro atoms. The molecule has 0 aliphatic heterocycles. The first-order chi connectivity index (χ1) is 10.6. The zero-order valence-corrected chi connectivity index (χ0v) is 11.6. The van der Waals surface area contributed by atoms with Gasteiger partial charge in [-0.15, -0.1) is 0 Å². The molecule has 0 aliphatic carbocycles. The van der Waals surface area contributed by atoms with Gasteiger partial charge in [0.25, 0.3) is 11.4 Å². The van der Waals surface area contributed by atoms with E-state index in [0.29, 0.717) is 24.5 Å². The highest BCUT2D eigenvalue weighted by atomic mass is 16.6. The van der Waals surface area contributed by atoms with Crippen molar-refractivity contribution >= 4 is 22.7 Å². The number of anilines is 2. The Morgan fingerprint density at radius 1 is 0.773 bits per heavy atom. The molecule has 0 atom stereocenters. The van der Waals surface area contributed by atoms with Crippen LogP contribution in [-0.4, -0.2) is 22.9 Å². The smallest absolute Gasteiger partial charge is 0.271 e. The number of non-ortho nitro benzene ring substituents is 2. The van der Waals surface area contributed by atoms with Crippen molar-refractivity contribution in [2.24, 2.45) is 0 Å². The summed E-state index contributed by atoms with van der Waals surface area (Å²) in [5.74, 6) is 0. The third-order valence-corrected chi connectivity index (χ3v) is 2.90. The molecule has 0 bridgehead atoms. The average molecular weight is 302 g/mol. The number of nitrogens with one attached hydrogen (secondary N) is 2. The van der Waals surface area contributed by atoms with Crippen LogP contribution in [0.3, 0.4) is 0 Å². The van der Waals surface area contributed by atoms with Gasteiger partial charge in [-0.1, -0.05) is 12.1 Å². The van der Waals surface area contributed by atoms with Gasteiger partial charge in [0, 0.05) is 48.7 Å². The van der Waals surface area contributed by atoms with Gasteiger partial charge >= 0.3 is 0 Å². The summed E-state index contributed by atoms with van der Waals surface area (Å²) in [6.07, 6.45) is 0. The summed E-state index contributed by atoms with van der Waals surface area (Å²) in [5.41, 5.74) is 1.35. The van der Waals surface area contributed by atoms with Crippen molar-refractivity contribution in [3.8, 4) is 0 Å². The molecule has 0 amide bonds. The van der Waals surface area contributed by atoms with Gasteiger partial charge in [-0.3, -0.25) is 20.2 Å². The van der Waals surface area contributed by atoms with Gasteiger partial charge in [0.05, 0.1) is 9.85 Å². The molecular weight excluding hydrogens is 288 g/mol. The quantitative estimate of drug-likeness (QED) is 0.462. The molecule has 2 rings (SSSR count). The molecular formula is C14H14N4O4. The summed E-state index contributed by atoms with van der Waals surface area (Å²) in [4.78, 5) is 20.4. The minimum atomic E-state index is -0.452. The number of hydrogen-bond acceptors (Lipinski definition) is 6. The number of benzene rings is 2. The Balaban J connectivity index is 1.84. The largest absolute Gasteiger partial charge is 0.383 e. The fourth-order valence-electron chi connectivity index (χ4n) is 1.87. The minimum Gasteiger partial charge on any atom is -0.383 e. The van der Waals surface area contributed by atoms with E-state index in [1.165, 1.54) is 24.3 Å². The van der Waals surface area contributed by atoms with Crippen molar-refractivity contribution in [1.29, 1.82) is 0 Å². The van der Waals surface area contributed by atoms with E-state index in [2.05, 4.69) is 10.6 Å². The third kappa shape index (κ3) is 4.17. The van der Waals surface area contributed by atoms with E-state index in [1.54, 1.807) is 24.3 Å². The van der Waals surface area contributed by atoms with E-state index in [4.69, 9.17) is 0 Å². The molecule has 8 nitrogen and oxygen atoms in total. The third-order valence-electron chi connectivity index (χ3n) is 2.90. The molecule has 0 aromatic heterocycles. The van der Waals surface area contributed by atoms with Crippen LogP contribution in [0.15, 0.2) is 48.5 Å². The molecule has 0 saturated heterocycles. The molecule has 0 fully saturated rings. The van der Waals surface area contributed by atoms with Crippen molar-refractivity contribution in [2.45, 2.75) is 0 Å². The number of nitrogens with zero attached hydrogens (tertiary/aromatic N) is 2. The van der Waals surface area contributed by atoms with E-state index in [9.17, 15) is 20.2 Å². The van der Waals surface area contributed by atoms with Gasteiger partial charge in [0.1, 0.15) is 0 Å². The van der Waals surface area contributed by atoms with Crippen LogP contribution >= 0.6 is 0 Å². The van der Waals surface area contributed by atoms with Crippen molar-refractivity contribution in [1.82, 2.24) is 0 Å². The molecule has 0 radical (unpaired) electrons. The van der Waals surface area contributed by atoms with E-state index in [-0.39, 0.29) is 11.4 Å². The SMILES string of the molecule is O=[N+]([O-])c1cccc(NCCNc2cccc([N+](=O)[O-])c2)c1. The van der Waals surface area contributed by atoms with E-state index in [0.717, 1.165) is 0 Å². The lowest BCUT2D eigenvalue weighted by atomic mass is 10.2. The lowest BCUT2D eigenvalue weighted by Gasteiger charge is -2.08. The zero-order valence-electron chi connectivity index (χ0n) is 11.6. The maximum Gasteiger partial charge on any atom is 0.271 e. The molecule has 8 heteroatoms. The summed E-state index contributed by atoms with van der Waals surface area (Å²) < 4.78 is 0. The average Bonchev–Trinajstić information content (AvgIpc) is 2.52. The first-order valence-electron chi connectivity index (χ1n) is 6.53. The Bertz CT molecular complexity index is 631. The predicted molar refractivity (Wildman–Crippen MR) is 83.2 cm³/mol. The Morgan fingerprint density at radius 3 is 1.55 bits per heavy atom. The summed E-state index contributed by atoms with van der Waals surface area (Å²) in [5, 5.41) is 27.4. The van der Waals surface area contributed by atoms with Crippen LogP contribution in [0.5, 0.6) is 0 Å². The predicted octanol–water partition coefficient (Wildman–Crippen LogP) is 3.03. The van der Waals surface area contributed by atoms with Gasteiger partial charge in [0.2, 0.25) is 0 Å². The molecule has 2 aromatic carbocycles. The van der Waals surface area contributed by atoms with Crippen molar-refractivity contribution in [3.63, 3.8) is 0 Å². The molecule has 0 aliphatic rings. The van der Waals surface area contributed by atoms with E-state index in [1.807, 2.05) is 0 Å². The van der Waals surface area contributed by atoms with Crippen LogP contribution in [0.2, 0.25) is 0 Å². The standard InChI is InChI=1S/C14H14N4O4/c19-17(20)13-5-1-3-11(9-13)15-7-8-16-12-4-2-6-14(10-12)18(21)22/h1-6,9-10,15-16H,7-8H2. The molecule has 2 N–H and O–H groups in total. The van der Waals surface area contributed by atoms with Crippen molar-refractivity contribution in [3.05, 3.63) is 68.8 Å². The lowest BCUT2D eigenvalue weighted by Crippen LogP contribution is -2.13. The number of nitro benzene ring substituents is 2. The molecule has 22 heavy (non-hydrogen) atoms. The lowest BCUT2D eigenvalue weighted by molar-refractivity contribution is -0.385. The second-order valence-corrected chi connectivity index (χ2v) is 4.47. The second kappa shape index (κ2) is 7.02. The summed E-state index contributed by atoms with van der Waals surface area (Å²) >= 11 is 0. The number of rotatable bonds is 7. The minimum absolute atomic E-state index is 0.0247. The first-order valence-corrected chi connectivity index (χ1v) is 6.53. The van der Waals surface area contributed by atoms with Crippen LogP contribution in [0.25, 0.3) is 0 Å². The Labute approximate surface area is 126 Å². The fourth-order valence-corrected chi connectivity index (χ4v) is 1.87. The molecule has 2 aromatic rings. The summed E-state index contributed by atoms with van der Waals surface area (Å²) in [6, 6.07) is 12.4. The van der Waals surface area contributed by atoms with Gasteiger partial charge in [-0.25, -0.2) is 0 Å². The van der Waals surface area contributed by atoms with Gasteiger partial charge in [-0.05, 0) is 12.1 Å². The summed E-state index contributed by atoms with van der Waals surface area (Å²) in [6.45, 7) is 1.04. The summed E-state index contributed by atoms with van der Waals surface area (Å²) in [7, 11) is 0. The number of hydrogen-bond donors (Lipinski definition) is 2. The highest BCUT2D eigenvalue weighted by Gasteiger charge is 2.06. The fraction of sp³-hybridized carbons (Fsp3) is 0.143. The molecule has 0 saturated carbocycles. The van der Waals surface area contributed by atoms with Crippen molar-refractivity contribution < 1.29 is 9.85 Å². The van der Waals surface area contributed by atoms with Gasteiger partial charge in [0.15, 0.2) is 0 Å². The van der Waals surface area contributed by atoms with Gasteiger partial charge in [-0.2, -0.15) is 0 Å². The van der Waals surface area contributed by atoms with E-state index >= 15 is 0 Å². The molecule has 114 valence electrons. The zero-order chi connectivity index (χ0) is 15.9. The Kier molecular flexibility index (Phi) is 4.86. The monoisotopic (exact) mass is 302 g/mol. The highest BCUT2D eigenvalue weighted by molar-refractivity contribution is 5.52. The maximum absolute atomic E-state index is 10.7. The van der Waals surface area contributed by atoms with Crippen LogP contribution in [-0.2, 0) is 0 Å². The normalized spacial score (nSPS) is 10.0. The second-order valence-electron chi connectivity index (χ2n) is 4.47. The van der Waals surface area contributed by atoms with Crippen LogP contribution in [0.4, 0.5) is 22.7 Å². The van der Waals surface area contributed by atoms with Crippen LogP contribution in [0, 0.1) is 20.2 Å². The van der Waals surface area contributed by atoms with Crippen LogP contribution in [0.1, 0.15) is 0 Å². The molecule has 0 unspecified atom stereocenters. The van der Waals surface area contributed by atoms with Gasteiger partial charge < -0.3 is 10.6 Å². The Hall–Kier alpha value is -3.16. The van der Waals surface area contributed by atoms with Crippen LogP contribution < -0.4 is 10.6 Å². The topological polar surface area (TPSA) is 110 Å². The Morgan fingerprint density at radius 2 is 1.18 bits per heavy atom. The molecule has 0 heterocycles. The van der Waals surface area contributed by atoms with E-state index < -0.39 is 9.85 Å². The maximum atomic E-state index is 10.7.